The highest BCUT2D eigenvalue weighted by atomic mass is 16.6. The van der Waals surface area contributed by atoms with Crippen LogP contribution in [-0.4, -0.2) is 80.5 Å². The van der Waals surface area contributed by atoms with Gasteiger partial charge in [-0.1, -0.05) is 146 Å². The van der Waals surface area contributed by atoms with Crippen LogP contribution in [0.15, 0.2) is 48.6 Å². The number of allylic oxidation sites excluding steroid dienone is 8. The minimum atomic E-state index is -0.892. The average molecular weight is 899 g/mol. The van der Waals surface area contributed by atoms with E-state index in [-0.39, 0.29) is 38.0 Å². The fourth-order valence-electron chi connectivity index (χ4n) is 7.53. The van der Waals surface area contributed by atoms with Crippen molar-refractivity contribution in [3.8, 4) is 0 Å². The largest absolute Gasteiger partial charge is 0.462 e. The highest BCUT2D eigenvalue weighted by Crippen LogP contribution is 2.15. The van der Waals surface area contributed by atoms with Crippen LogP contribution in [0, 0.1) is 0 Å². The second-order valence-corrected chi connectivity index (χ2v) is 17.6. The molecular formula is C54H94N2O8. The first-order valence-corrected chi connectivity index (χ1v) is 26.1. The van der Waals surface area contributed by atoms with Crippen LogP contribution in [0.1, 0.15) is 220 Å². The Morgan fingerprint density at radius 3 is 1.45 bits per heavy atom. The van der Waals surface area contributed by atoms with Gasteiger partial charge in [0.25, 0.3) is 0 Å². The van der Waals surface area contributed by atoms with E-state index in [2.05, 4.69) is 79.6 Å². The van der Waals surface area contributed by atoms with E-state index in [9.17, 15) is 19.2 Å². The quantitative estimate of drug-likeness (QED) is 0.0276. The molecule has 0 spiro atoms. The molecule has 10 nitrogen and oxygen atoms in total. The summed E-state index contributed by atoms with van der Waals surface area (Å²) in [4.78, 5) is 53.3. The third-order valence-corrected chi connectivity index (χ3v) is 11.5. The minimum Gasteiger partial charge on any atom is -0.462 e. The van der Waals surface area contributed by atoms with Crippen molar-refractivity contribution in [3.63, 3.8) is 0 Å². The Morgan fingerprint density at radius 1 is 0.484 bits per heavy atom. The lowest BCUT2D eigenvalue weighted by molar-refractivity contribution is -0.167. The Labute approximate surface area is 391 Å². The Balaban J connectivity index is 2.48. The molecule has 2 atom stereocenters. The lowest BCUT2D eigenvalue weighted by Crippen LogP contribution is -2.35. The van der Waals surface area contributed by atoms with E-state index in [1.54, 1.807) is 0 Å². The highest BCUT2D eigenvalue weighted by molar-refractivity contribution is 5.71. The Bertz CT molecular complexity index is 1260. The number of carbonyl (C=O) groups excluding carboxylic acids is 4. The number of nitrogens with one attached hydrogen (secondary N) is 1. The third-order valence-electron chi connectivity index (χ3n) is 11.5. The van der Waals surface area contributed by atoms with Gasteiger partial charge in [0, 0.05) is 32.4 Å². The molecule has 1 fully saturated rings. The number of hydrogen-bond donors (Lipinski definition) is 1. The molecule has 1 aliphatic rings. The number of nitrogens with zero attached hydrogens (tertiary/aromatic N) is 1. The number of esters is 3. The van der Waals surface area contributed by atoms with Crippen LogP contribution in [0.2, 0.25) is 0 Å². The van der Waals surface area contributed by atoms with Gasteiger partial charge in [-0.05, 0) is 116 Å². The summed E-state index contributed by atoms with van der Waals surface area (Å²) in [6.07, 6.45) is 46.3. The van der Waals surface area contributed by atoms with Crippen LogP contribution in [0.25, 0.3) is 0 Å². The van der Waals surface area contributed by atoms with Crippen LogP contribution in [0.4, 0.5) is 4.79 Å². The Kier molecular flexibility index (Phi) is 41.0. The summed E-state index contributed by atoms with van der Waals surface area (Å²) in [6, 6.07) is 0. The molecule has 0 aliphatic carbocycles. The summed E-state index contributed by atoms with van der Waals surface area (Å²) in [5.41, 5.74) is 0. The van der Waals surface area contributed by atoms with E-state index in [1.807, 2.05) is 0 Å². The fraction of sp³-hybridized carbons (Fsp3) is 0.778. The second-order valence-electron chi connectivity index (χ2n) is 17.6. The lowest BCUT2D eigenvalue weighted by Gasteiger charge is -2.20. The number of likely N-dealkylation sites (tertiary alicyclic amines) is 1. The molecule has 2 unspecified atom stereocenters. The molecule has 64 heavy (non-hydrogen) atoms. The SMILES string of the molecule is CCCCC/C=C\C/C=C\CCCCCCCC(=O)OCC(COC(=O)CCC(CCCC)OC(=O)NCCN1CCCC1)OC(=O)CCCCCCC/C=C\C/C=C\CCCCC. The van der Waals surface area contributed by atoms with Crippen LogP contribution >= 0.6 is 0 Å². The van der Waals surface area contributed by atoms with Crippen molar-refractivity contribution in [1.82, 2.24) is 10.2 Å². The van der Waals surface area contributed by atoms with Crippen LogP contribution < -0.4 is 5.32 Å². The van der Waals surface area contributed by atoms with Crippen LogP contribution in [-0.2, 0) is 33.3 Å². The Hall–Kier alpha value is -3.40. The number of rotatable bonds is 43. The molecule has 1 N–H and O–H groups in total. The summed E-state index contributed by atoms with van der Waals surface area (Å²) in [7, 11) is 0. The predicted octanol–water partition coefficient (Wildman–Crippen LogP) is 13.8. The first kappa shape index (κ1) is 58.6. The monoisotopic (exact) mass is 899 g/mol. The van der Waals surface area contributed by atoms with Gasteiger partial charge in [0.2, 0.25) is 0 Å². The van der Waals surface area contributed by atoms with Crippen LogP contribution in [0.3, 0.4) is 0 Å². The molecule has 1 rings (SSSR count). The standard InChI is InChI=1S/C54H94N2O8/c1-4-7-10-12-14-16-18-20-22-24-26-28-30-32-34-39-51(57)61-47-50(63-53(59)40-35-33-31-29-27-25-23-21-19-17-15-13-11-8-5-2)48-62-52(58)42-41-49(38-9-6-3)64-54(60)55-43-46-56-44-36-37-45-56/h14-17,20-23,49-50H,4-13,18-19,24-48H2,1-3H3,(H,55,60)/b16-14-,17-15-,22-20-,23-21-. The number of unbranched alkanes of at least 4 members (excludes halogenated alkanes) is 17. The van der Waals surface area contributed by atoms with Gasteiger partial charge in [-0.2, -0.15) is 0 Å². The first-order valence-electron chi connectivity index (χ1n) is 26.1. The zero-order valence-corrected chi connectivity index (χ0v) is 41.1. The van der Waals surface area contributed by atoms with Gasteiger partial charge >= 0.3 is 24.0 Å². The fourth-order valence-corrected chi connectivity index (χ4v) is 7.53. The lowest BCUT2D eigenvalue weighted by atomic mass is 10.1. The summed E-state index contributed by atoms with van der Waals surface area (Å²) in [6.45, 7) is 9.61. The van der Waals surface area contributed by atoms with Crippen molar-refractivity contribution in [2.45, 2.75) is 232 Å². The van der Waals surface area contributed by atoms with Gasteiger partial charge in [0.15, 0.2) is 6.10 Å². The number of carbonyl (C=O) groups is 4. The van der Waals surface area contributed by atoms with Crippen molar-refractivity contribution in [2.24, 2.45) is 0 Å². The van der Waals surface area contributed by atoms with Crippen molar-refractivity contribution in [2.75, 3.05) is 39.4 Å². The highest BCUT2D eigenvalue weighted by Gasteiger charge is 2.21. The maximum Gasteiger partial charge on any atom is 0.407 e. The van der Waals surface area contributed by atoms with Gasteiger partial charge in [-0.25, -0.2) is 4.79 Å². The molecule has 10 heteroatoms. The zero-order chi connectivity index (χ0) is 46.4. The molecule has 1 amide bonds. The van der Waals surface area contributed by atoms with Gasteiger partial charge < -0.3 is 29.2 Å². The smallest absolute Gasteiger partial charge is 0.407 e. The summed E-state index contributed by atoms with van der Waals surface area (Å²) in [5.74, 6) is -1.22. The molecule has 0 aromatic carbocycles. The van der Waals surface area contributed by atoms with E-state index in [1.165, 1.54) is 64.2 Å². The predicted molar refractivity (Wildman–Crippen MR) is 263 cm³/mol. The van der Waals surface area contributed by atoms with Gasteiger partial charge in [0.05, 0.1) is 0 Å². The van der Waals surface area contributed by atoms with Crippen molar-refractivity contribution < 1.29 is 38.1 Å². The van der Waals surface area contributed by atoms with E-state index in [4.69, 9.17) is 18.9 Å². The van der Waals surface area contributed by atoms with Gasteiger partial charge in [-0.15, -0.1) is 0 Å². The van der Waals surface area contributed by atoms with Crippen molar-refractivity contribution in [1.29, 1.82) is 0 Å². The van der Waals surface area contributed by atoms with Gasteiger partial charge in [0.1, 0.15) is 19.3 Å². The molecule has 0 aromatic heterocycles. The van der Waals surface area contributed by atoms with E-state index in [0.29, 0.717) is 32.2 Å². The summed E-state index contributed by atoms with van der Waals surface area (Å²) < 4.78 is 22.5. The molecule has 1 aliphatic heterocycles. The minimum absolute atomic E-state index is 0.0503. The maximum atomic E-state index is 12.9. The molecular weight excluding hydrogens is 805 g/mol. The normalized spacial score (nSPS) is 14.2. The zero-order valence-electron chi connectivity index (χ0n) is 41.1. The van der Waals surface area contributed by atoms with Crippen molar-refractivity contribution >= 4 is 24.0 Å². The topological polar surface area (TPSA) is 120 Å². The Morgan fingerprint density at radius 2 is 0.938 bits per heavy atom. The molecule has 368 valence electrons. The maximum absolute atomic E-state index is 12.9. The van der Waals surface area contributed by atoms with E-state index in [0.717, 1.165) is 116 Å². The first-order chi connectivity index (χ1) is 31.4. The average Bonchev–Trinajstić information content (AvgIpc) is 3.81. The third kappa shape index (κ3) is 39.0. The summed E-state index contributed by atoms with van der Waals surface area (Å²) >= 11 is 0. The number of amides is 1. The number of ether oxygens (including phenoxy) is 4. The van der Waals surface area contributed by atoms with E-state index < -0.39 is 24.3 Å². The molecule has 0 bridgehead atoms. The molecule has 1 heterocycles. The number of hydrogen-bond acceptors (Lipinski definition) is 9. The van der Waals surface area contributed by atoms with E-state index >= 15 is 0 Å². The molecule has 0 saturated carbocycles. The van der Waals surface area contributed by atoms with Crippen molar-refractivity contribution in [3.05, 3.63) is 48.6 Å². The van der Waals surface area contributed by atoms with Gasteiger partial charge in [-0.3, -0.25) is 14.4 Å². The number of alkyl carbamates (subject to hydrolysis) is 1. The molecule has 1 saturated heterocycles. The summed E-state index contributed by atoms with van der Waals surface area (Å²) in [5, 5.41) is 2.85. The molecule has 0 aromatic rings. The van der Waals surface area contributed by atoms with Crippen LogP contribution in [0.5, 0.6) is 0 Å². The molecule has 0 radical (unpaired) electrons. The second kappa shape index (κ2) is 44.8.